The van der Waals surface area contributed by atoms with Gasteiger partial charge in [0.05, 0.1) is 0 Å². The summed E-state index contributed by atoms with van der Waals surface area (Å²) < 4.78 is 5.58. The maximum absolute atomic E-state index is 11.0. The summed E-state index contributed by atoms with van der Waals surface area (Å²) in [5.41, 5.74) is 2.84. The monoisotopic (exact) mass is 286 g/mol. The van der Waals surface area contributed by atoms with Gasteiger partial charge in [-0.25, -0.2) is 9.78 Å². The number of carboxylic acid groups (broad SMARTS) is 1. The zero-order valence-electron chi connectivity index (χ0n) is 12.5. The minimum absolute atomic E-state index is 0.0455. The van der Waals surface area contributed by atoms with Crippen LogP contribution in [0, 0.1) is 13.8 Å². The third-order valence-electron chi connectivity index (χ3n) is 3.13. The van der Waals surface area contributed by atoms with Crippen molar-refractivity contribution in [1.82, 2.24) is 9.97 Å². The summed E-state index contributed by atoms with van der Waals surface area (Å²) in [6, 6.07) is 7.20. The topological polar surface area (TPSA) is 72.3 Å². The van der Waals surface area contributed by atoms with Crippen LogP contribution in [0.5, 0.6) is 11.8 Å². The molecule has 0 saturated heterocycles. The molecule has 0 aliphatic rings. The van der Waals surface area contributed by atoms with Crippen molar-refractivity contribution in [3.63, 3.8) is 0 Å². The van der Waals surface area contributed by atoms with E-state index in [1.165, 1.54) is 11.6 Å². The Balaban J connectivity index is 2.30. The van der Waals surface area contributed by atoms with E-state index in [2.05, 4.69) is 23.8 Å². The smallest absolute Gasteiger partial charge is 0.354 e. The molecule has 0 bridgehead atoms. The predicted molar refractivity (Wildman–Crippen MR) is 79.1 cm³/mol. The van der Waals surface area contributed by atoms with E-state index in [9.17, 15) is 4.79 Å². The van der Waals surface area contributed by atoms with Crippen LogP contribution in [0.2, 0.25) is 0 Å². The number of aromatic nitrogens is 2. The lowest BCUT2D eigenvalue weighted by molar-refractivity contribution is 0.0689. The van der Waals surface area contributed by atoms with Crippen LogP contribution in [0.4, 0.5) is 0 Å². The minimum atomic E-state index is -1.10. The van der Waals surface area contributed by atoms with Gasteiger partial charge in [0, 0.05) is 5.69 Å². The van der Waals surface area contributed by atoms with Gasteiger partial charge in [-0.05, 0) is 49.1 Å². The molecule has 2 rings (SSSR count). The van der Waals surface area contributed by atoms with Gasteiger partial charge in [0.25, 0.3) is 0 Å². The van der Waals surface area contributed by atoms with Crippen LogP contribution < -0.4 is 4.74 Å². The summed E-state index contributed by atoms with van der Waals surface area (Å²) in [7, 11) is 0. The van der Waals surface area contributed by atoms with Gasteiger partial charge in [-0.15, -0.1) is 0 Å². The van der Waals surface area contributed by atoms with Gasteiger partial charge in [0.1, 0.15) is 5.75 Å². The number of rotatable bonds is 4. The first-order chi connectivity index (χ1) is 9.86. The summed E-state index contributed by atoms with van der Waals surface area (Å²) in [4.78, 5) is 19.0. The van der Waals surface area contributed by atoms with Crippen molar-refractivity contribution in [3.8, 4) is 11.8 Å². The molecule has 0 unspecified atom stereocenters. The van der Waals surface area contributed by atoms with Gasteiger partial charge in [-0.3, -0.25) is 0 Å². The van der Waals surface area contributed by atoms with Crippen LogP contribution in [-0.2, 0) is 0 Å². The summed E-state index contributed by atoms with van der Waals surface area (Å²) in [5, 5.41) is 9.00. The van der Waals surface area contributed by atoms with Crippen molar-refractivity contribution in [2.24, 2.45) is 0 Å². The molecule has 110 valence electrons. The second-order valence-corrected chi connectivity index (χ2v) is 5.26. The molecule has 0 radical (unpaired) electrons. The second-order valence-electron chi connectivity index (χ2n) is 5.26. The molecule has 0 aliphatic carbocycles. The van der Waals surface area contributed by atoms with E-state index in [1.54, 1.807) is 6.92 Å². The van der Waals surface area contributed by atoms with Gasteiger partial charge in [0.2, 0.25) is 0 Å². The molecule has 1 aromatic heterocycles. The van der Waals surface area contributed by atoms with Crippen LogP contribution in [-0.4, -0.2) is 21.0 Å². The molecule has 0 amide bonds. The van der Waals surface area contributed by atoms with Crippen LogP contribution in [0.25, 0.3) is 0 Å². The van der Waals surface area contributed by atoms with Crippen molar-refractivity contribution in [1.29, 1.82) is 0 Å². The molecule has 0 atom stereocenters. The third kappa shape index (κ3) is 3.56. The summed E-state index contributed by atoms with van der Waals surface area (Å²) in [6.45, 7) is 7.98. The maximum atomic E-state index is 11.0. The highest BCUT2D eigenvalue weighted by Crippen LogP contribution is 2.25. The second kappa shape index (κ2) is 5.91. The molecule has 0 aliphatic heterocycles. The van der Waals surface area contributed by atoms with E-state index in [0.717, 1.165) is 5.56 Å². The Morgan fingerprint density at radius 1 is 1.19 bits per heavy atom. The molecule has 0 saturated carbocycles. The number of aromatic carboxylic acids is 1. The van der Waals surface area contributed by atoms with E-state index >= 15 is 0 Å². The quantitative estimate of drug-likeness (QED) is 0.927. The first-order valence-corrected chi connectivity index (χ1v) is 6.74. The lowest BCUT2D eigenvalue weighted by atomic mass is 9.98. The van der Waals surface area contributed by atoms with E-state index < -0.39 is 5.97 Å². The van der Waals surface area contributed by atoms with Crippen LogP contribution >= 0.6 is 0 Å². The van der Waals surface area contributed by atoms with Gasteiger partial charge < -0.3 is 9.84 Å². The van der Waals surface area contributed by atoms with E-state index in [-0.39, 0.29) is 11.7 Å². The van der Waals surface area contributed by atoms with E-state index in [1.807, 2.05) is 25.1 Å². The summed E-state index contributed by atoms with van der Waals surface area (Å²) in [6.07, 6.45) is 0. The Kier molecular flexibility index (Phi) is 4.21. The maximum Gasteiger partial charge on any atom is 0.354 e. The highest BCUT2D eigenvalue weighted by atomic mass is 16.5. The average Bonchev–Trinajstić information content (AvgIpc) is 2.37. The fourth-order valence-corrected chi connectivity index (χ4v) is 2.16. The number of carboxylic acids is 1. The minimum Gasteiger partial charge on any atom is -0.477 e. The normalized spacial score (nSPS) is 10.7. The standard InChI is InChI=1S/C16H18N2O3/c1-9(2)13-6-5-12(7-10(13)3)21-16-17-11(4)8-14(18-16)15(19)20/h5-9H,1-4H3,(H,19,20). The Labute approximate surface area is 123 Å². The van der Waals surface area contributed by atoms with Crippen molar-refractivity contribution < 1.29 is 14.6 Å². The summed E-state index contributed by atoms with van der Waals surface area (Å²) in [5.74, 6) is -0.0663. The molecular weight excluding hydrogens is 268 g/mol. The van der Waals surface area contributed by atoms with E-state index in [4.69, 9.17) is 9.84 Å². The largest absolute Gasteiger partial charge is 0.477 e. The van der Waals surface area contributed by atoms with Crippen LogP contribution in [0.3, 0.4) is 0 Å². The SMILES string of the molecule is Cc1cc(C(=O)O)nc(Oc2ccc(C(C)C)c(C)c2)n1. The molecule has 1 aromatic carbocycles. The van der Waals surface area contributed by atoms with Crippen LogP contribution in [0.1, 0.15) is 47.1 Å². The lowest BCUT2D eigenvalue weighted by Crippen LogP contribution is -2.04. The number of hydrogen-bond acceptors (Lipinski definition) is 4. The molecule has 21 heavy (non-hydrogen) atoms. The molecule has 5 nitrogen and oxygen atoms in total. The van der Waals surface area contributed by atoms with Gasteiger partial charge in [0.15, 0.2) is 5.69 Å². The summed E-state index contributed by atoms with van der Waals surface area (Å²) >= 11 is 0. The highest BCUT2D eigenvalue weighted by molar-refractivity contribution is 5.85. The first kappa shape index (κ1) is 15.0. The molecule has 1 N–H and O–H groups in total. The number of carbonyl (C=O) groups is 1. The first-order valence-electron chi connectivity index (χ1n) is 6.74. The fraction of sp³-hybridized carbons (Fsp3) is 0.312. The van der Waals surface area contributed by atoms with Crippen molar-refractivity contribution >= 4 is 5.97 Å². The van der Waals surface area contributed by atoms with Gasteiger partial charge in [-0.2, -0.15) is 4.98 Å². The molecule has 1 heterocycles. The Morgan fingerprint density at radius 3 is 2.48 bits per heavy atom. The van der Waals surface area contributed by atoms with E-state index in [0.29, 0.717) is 17.4 Å². The number of nitrogens with zero attached hydrogens (tertiary/aromatic N) is 2. The fourth-order valence-electron chi connectivity index (χ4n) is 2.16. The predicted octanol–water partition coefficient (Wildman–Crippen LogP) is 3.71. The molecule has 0 fully saturated rings. The van der Waals surface area contributed by atoms with Gasteiger partial charge >= 0.3 is 12.0 Å². The molecule has 0 spiro atoms. The Hall–Kier alpha value is -2.43. The Morgan fingerprint density at radius 2 is 1.90 bits per heavy atom. The van der Waals surface area contributed by atoms with Crippen molar-refractivity contribution in [2.45, 2.75) is 33.6 Å². The molecule has 2 aromatic rings. The number of hydrogen-bond donors (Lipinski definition) is 1. The zero-order chi connectivity index (χ0) is 15.6. The Bertz CT molecular complexity index is 681. The highest BCUT2D eigenvalue weighted by Gasteiger charge is 2.11. The molecular formula is C16H18N2O3. The zero-order valence-corrected chi connectivity index (χ0v) is 12.5. The van der Waals surface area contributed by atoms with Crippen molar-refractivity contribution in [3.05, 3.63) is 46.8 Å². The number of ether oxygens (including phenoxy) is 1. The lowest BCUT2D eigenvalue weighted by Gasteiger charge is -2.11. The van der Waals surface area contributed by atoms with Crippen LogP contribution in [0.15, 0.2) is 24.3 Å². The average molecular weight is 286 g/mol. The van der Waals surface area contributed by atoms with Crippen molar-refractivity contribution in [2.75, 3.05) is 0 Å². The number of benzene rings is 1. The molecule has 5 heteroatoms. The third-order valence-corrected chi connectivity index (χ3v) is 3.13. The van der Waals surface area contributed by atoms with Gasteiger partial charge in [-0.1, -0.05) is 19.9 Å². The number of aryl methyl sites for hydroxylation is 2.